The van der Waals surface area contributed by atoms with Gasteiger partial charge in [0.05, 0.1) is 0 Å². The van der Waals surface area contributed by atoms with Crippen LogP contribution in [0, 0.1) is 5.92 Å². The van der Waals surface area contributed by atoms with E-state index in [0.29, 0.717) is 0 Å². The lowest BCUT2D eigenvalue weighted by Gasteiger charge is -2.30. The minimum Gasteiger partial charge on any atom is -0.369 e. The van der Waals surface area contributed by atoms with E-state index in [2.05, 4.69) is 27.4 Å². The summed E-state index contributed by atoms with van der Waals surface area (Å²) in [6, 6.07) is 7.93. The number of likely N-dealkylation sites (tertiary alicyclic amines) is 1. The van der Waals surface area contributed by atoms with Gasteiger partial charge in [0, 0.05) is 41.2 Å². The average molecular weight is 440 g/mol. The SMILES string of the molecule is CCNC(=NCCCCN1CCC(C(N)=O)CC1)NCCSc1ccc(Cl)cc1. The number of nitrogens with two attached hydrogens (primary N) is 1. The molecule has 0 radical (unpaired) electrons. The topological polar surface area (TPSA) is 82.8 Å². The normalized spacial score (nSPS) is 16.0. The molecule has 0 unspecified atom stereocenters. The van der Waals surface area contributed by atoms with Crippen molar-refractivity contribution >= 4 is 35.2 Å². The first kappa shape index (κ1) is 23.8. The van der Waals surface area contributed by atoms with Crippen molar-refractivity contribution in [2.75, 3.05) is 45.0 Å². The number of piperidine rings is 1. The number of unbranched alkanes of at least 4 members (excludes halogenated alkanes) is 1. The summed E-state index contributed by atoms with van der Waals surface area (Å²) < 4.78 is 0. The maximum absolute atomic E-state index is 11.2. The molecule has 1 aromatic rings. The van der Waals surface area contributed by atoms with Crippen LogP contribution < -0.4 is 16.4 Å². The van der Waals surface area contributed by atoms with E-state index in [1.54, 1.807) is 11.8 Å². The molecular weight excluding hydrogens is 406 g/mol. The second-order valence-electron chi connectivity index (χ2n) is 7.22. The highest BCUT2D eigenvalue weighted by atomic mass is 35.5. The molecule has 1 saturated heterocycles. The number of hydrogen-bond donors (Lipinski definition) is 3. The molecule has 1 aliphatic heterocycles. The van der Waals surface area contributed by atoms with Crippen LogP contribution in [0.5, 0.6) is 0 Å². The minimum atomic E-state index is -0.144. The second-order valence-corrected chi connectivity index (χ2v) is 8.82. The van der Waals surface area contributed by atoms with E-state index in [1.165, 1.54) is 4.90 Å². The van der Waals surface area contributed by atoms with Gasteiger partial charge < -0.3 is 21.3 Å². The number of thioether (sulfide) groups is 1. The molecule has 0 aliphatic carbocycles. The molecule has 1 heterocycles. The molecule has 0 spiro atoms. The van der Waals surface area contributed by atoms with Gasteiger partial charge in [-0.05, 0) is 76.5 Å². The van der Waals surface area contributed by atoms with Crippen LogP contribution in [0.3, 0.4) is 0 Å². The maximum Gasteiger partial charge on any atom is 0.220 e. The van der Waals surface area contributed by atoms with Crippen molar-refractivity contribution in [2.24, 2.45) is 16.6 Å². The van der Waals surface area contributed by atoms with Crippen molar-refractivity contribution in [2.45, 2.75) is 37.5 Å². The number of halogens is 1. The van der Waals surface area contributed by atoms with Crippen LogP contribution in [0.15, 0.2) is 34.2 Å². The lowest BCUT2D eigenvalue weighted by Crippen LogP contribution is -2.39. The van der Waals surface area contributed by atoms with Gasteiger partial charge in [0.25, 0.3) is 0 Å². The third kappa shape index (κ3) is 9.74. The molecular formula is C21H34ClN5OS. The lowest BCUT2D eigenvalue weighted by molar-refractivity contribution is -0.123. The van der Waals surface area contributed by atoms with E-state index in [1.807, 2.05) is 24.3 Å². The largest absolute Gasteiger partial charge is 0.369 e. The molecule has 6 nitrogen and oxygen atoms in total. The van der Waals surface area contributed by atoms with Gasteiger partial charge in [-0.1, -0.05) is 11.6 Å². The number of guanidine groups is 1. The first-order valence-electron chi connectivity index (χ1n) is 10.5. The van der Waals surface area contributed by atoms with Crippen molar-refractivity contribution in [3.8, 4) is 0 Å². The summed E-state index contributed by atoms with van der Waals surface area (Å²) in [6.07, 6.45) is 3.98. The van der Waals surface area contributed by atoms with Gasteiger partial charge in [-0.2, -0.15) is 0 Å². The van der Waals surface area contributed by atoms with Gasteiger partial charge in [-0.3, -0.25) is 9.79 Å². The summed E-state index contributed by atoms with van der Waals surface area (Å²) in [5, 5.41) is 7.47. The van der Waals surface area contributed by atoms with Crippen molar-refractivity contribution in [1.29, 1.82) is 0 Å². The molecule has 1 amide bonds. The fourth-order valence-corrected chi connectivity index (χ4v) is 4.18. The van der Waals surface area contributed by atoms with Crippen LogP contribution in [0.1, 0.15) is 32.6 Å². The number of primary amides is 1. The highest BCUT2D eigenvalue weighted by molar-refractivity contribution is 7.99. The Labute approximate surface area is 184 Å². The number of aliphatic imine (C=N–C) groups is 1. The van der Waals surface area contributed by atoms with Gasteiger partial charge >= 0.3 is 0 Å². The Morgan fingerprint density at radius 2 is 1.97 bits per heavy atom. The van der Waals surface area contributed by atoms with E-state index in [0.717, 1.165) is 81.7 Å². The Bertz CT molecular complexity index is 632. The smallest absolute Gasteiger partial charge is 0.220 e. The summed E-state index contributed by atoms with van der Waals surface area (Å²) in [5.41, 5.74) is 5.39. The number of benzene rings is 1. The van der Waals surface area contributed by atoms with Gasteiger partial charge in [0.15, 0.2) is 5.96 Å². The third-order valence-corrected chi connectivity index (χ3v) is 6.23. The predicted molar refractivity (Wildman–Crippen MR) is 124 cm³/mol. The van der Waals surface area contributed by atoms with Crippen LogP contribution in [-0.2, 0) is 4.79 Å². The number of nitrogens with zero attached hydrogens (tertiary/aromatic N) is 2. The maximum atomic E-state index is 11.2. The fourth-order valence-electron chi connectivity index (χ4n) is 3.29. The summed E-state index contributed by atoms with van der Waals surface area (Å²) >= 11 is 7.72. The highest BCUT2D eigenvalue weighted by Gasteiger charge is 2.22. The Morgan fingerprint density at radius 3 is 2.62 bits per heavy atom. The van der Waals surface area contributed by atoms with Crippen molar-refractivity contribution < 1.29 is 4.79 Å². The Balaban J connectivity index is 1.58. The molecule has 2 rings (SSSR count). The Hall–Kier alpha value is -1.44. The van der Waals surface area contributed by atoms with Gasteiger partial charge in [-0.15, -0.1) is 11.8 Å². The first-order chi connectivity index (χ1) is 14.1. The average Bonchev–Trinajstić information content (AvgIpc) is 2.72. The van der Waals surface area contributed by atoms with Crippen LogP contribution in [0.2, 0.25) is 5.02 Å². The number of carbonyl (C=O) groups excluding carboxylic acids is 1. The van der Waals surface area contributed by atoms with E-state index >= 15 is 0 Å². The zero-order valence-electron chi connectivity index (χ0n) is 17.3. The van der Waals surface area contributed by atoms with Crippen LogP contribution in [0.4, 0.5) is 0 Å². The molecule has 1 aromatic carbocycles. The number of carbonyl (C=O) groups is 1. The molecule has 0 saturated carbocycles. The van der Waals surface area contributed by atoms with Crippen LogP contribution in [0.25, 0.3) is 0 Å². The molecule has 0 aromatic heterocycles. The van der Waals surface area contributed by atoms with E-state index in [4.69, 9.17) is 17.3 Å². The molecule has 1 fully saturated rings. The van der Waals surface area contributed by atoms with Crippen molar-refractivity contribution in [1.82, 2.24) is 15.5 Å². The zero-order valence-corrected chi connectivity index (χ0v) is 18.9. The van der Waals surface area contributed by atoms with Crippen LogP contribution >= 0.6 is 23.4 Å². The number of amides is 1. The van der Waals surface area contributed by atoms with E-state index in [9.17, 15) is 4.79 Å². The summed E-state index contributed by atoms with van der Waals surface area (Å²) in [5.74, 6) is 1.77. The van der Waals surface area contributed by atoms with E-state index in [-0.39, 0.29) is 11.8 Å². The quantitative estimate of drug-likeness (QED) is 0.214. The molecule has 0 bridgehead atoms. The minimum absolute atomic E-state index is 0.0717. The molecule has 29 heavy (non-hydrogen) atoms. The molecule has 162 valence electrons. The van der Waals surface area contributed by atoms with E-state index < -0.39 is 0 Å². The third-order valence-electron chi connectivity index (χ3n) is 4.96. The standard InChI is InChI=1S/C21H34ClN5OS/c1-2-24-21(26-12-16-29-19-7-5-18(22)6-8-19)25-11-3-4-13-27-14-9-17(10-15-27)20(23)28/h5-8,17H,2-4,9-16H2,1H3,(H2,23,28)(H2,24,25,26). The monoisotopic (exact) mass is 439 g/mol. The summed E-state index contributed by atoms with van der Waals surface area (Å²) in [7, 11) is 0. The molecule has 4 N–H and O–H groups in total. The Kier molecular flexibility index (Phi) is 11.3. The molecule has 0 atom stereocenters. The summed E-state index contributed by atoms with van der Waals surface area (Å²) in [6.45, 7) is 7.63. The molecule has 1 aliphatic rings. The van der Waals surface area contributed by atoms with Gasteiger partial charge in [0.2, 0.25) is 5.91 Å². The predicted octanol–water partition coefficient (Wildman–Crippen LogP) is 2.96. The number of rotatable bonds is 11. The second kappa shape index (κ2) is 13.7. The molecule has 8 heteroatoms. The van der Waals surface area contributed by atoms with Crippen LogP contribution in [-0.4, -0.2) is 61.8 Å². The Morgan fingerprint density at radius 1 is 1.24 bits per heavy atom. The lowest BCUT2D eigenvalue weighted by atomic mass is 9.96. The van der Waals surface area contributed by atoms with Crippen molar-refractivity contribution in [3.63, 3.8) is 0 Å². The van der Waals surface area contributed by atoms with Gasteiger partial charge in [-0.25, -0.2) is 0 Å². The zero-order chi connectivity index (χ0) is 20.9. The highest BCUT2D eigenvalue weighted by Crippen LogP contribution is 2.19. The first-order valence-corrected chi connectivity index (χ1v) is 11.9. The fraction of sp³-hybridized carbons (Fsp3) is 0.619. The van der Waals surface area contributed by atoms with Crippen molar-refractivity contribution in [3.05, 3.63) is 29.3 Å². The number of hydrogen-bond acceptors (Lipinski definition) is 4. The van der Waals surface area contributed by atoms with Gasteiger partial charge in [0.1, 0.15) is 0 Å². The number of nitrogens with one attached hydrogen (secondary N) is 2. The summed E-state index contributed by atoms with van der Waals surface area (Å²) in [4.78, 5) is 19.6.